The van der Waals surface area contributed by atoms with Gasteiger partial charge in [0, 0.05) is 13.1 Å². The summed E-state index contributed by atoms with van der Waals surface area (Å²) in [5.74, 6) is -0.853. The molecule has 0 atom stereocenters. The summed E-state index contributed by atoms with van der Waals surface area (Å²) < 4.78 is 39.2. The Morgan fingerprint density at radius 2 is 2.00 bits per heavy atom. The standard InChI is InChI=1S/C10H14ClFN2O2S.ClH/c1-2-13-6-7-14-17(15,16)10-8(11)4-3-5-9(10)12;/h3-5,13-14H,2,6-7H2,1H3;1H. The van der Waals surface area contributed by atoms with Gasteiger partial charge in [-0.1, -0.05) is 24.6 Å². The maximum Gasteiger partial charge on any atom is 0.245 e. The first kappa shape index (κ1) is 17.6. The number of rotatable bonds is 6. The molecule has 0 radical (unpaired) electrons. The molecule has 0 aliphatic carbocycles. The summed E-state index contributed by atoms with van der Waals surface area (Å²) in [5, 5.41) is 2.82. The van der Waals surface area contributed by atoms with Gasteiger partial charge in [0.05, 0.1) is 5.02 Å². The minimum Gasteiger partial charge on any atom is -0.316 e. The molecule has 18 heavy (non-hydrogen) atoms. The van der Waals surface area contributed by atoms with Crippen molar-refractivity contribution in [3.63, 3.8) is 0 Å². The Hall–Kier alpha value is -0.400. The molecule has 0 aliphatic heterocycles. The largest absolute Gasteiger partial charge is 0.316 e. The van der Waals surface area contributed by atoms with E-state index >= 15 is 0 Å². The van der Waals surface area contributed by atoms with E-state index in [1.54, 1.807) is 0 Å². The number of hydrogen-bond acceptors (Lipinski definition) is 3. The Balaban J connectivity index is 0.00000289. The monoisotopic (exact) mass is 316 g/mol. The number of halogens is 3. The molecule has 0 aromatic heterocycles. The van der Waals surface area contributed by atoms with E-state index in [2.05, 4.69) is 10.0 Å². The lowest BCUT2D eigenvalue weighted by molar-refractivity contribution is 0.555. The minimum atomic E-state index is -3.90. The first-order valence-corrected chi connectivity index (χ1v) is 6.99. The molecule has 0 heterocycles. The van der Waals surface area contributed by atoms with Gasteiger partial charge < -0.3 is 5.32 Å². The summed E-state index contributed by atoms with van der Waals surface area (Å²) in [6, 6.07) is 3.75. The highest BCUT2D eigenvalue weighted by molar-refractivity contribution is 7.89. The molecule has 104 valence electrons. The van der Waals surface area contributed by atoms with Crippen LogP contribution < -0.4 is 10.0 Å². The van der Waals surface area contributed by atoms with Gasteiger partial charge in [-0.3, -0.25) is 0 Å². The molecule has 1 aromatic rings. The van der Waals surface area contributed by atoms with Crippen LogP contribution in [0, 0.1) is 5.82 Å². The molecule has 0 aliphatic rings. The summed E-state index contributed by atoms with van der Waals surface area (Å²) in [6.07, 6.45) is 0. The molecule has 0 saturated carbocycles. The average Bonchev–Trinajstić information content (AvgIpc) is 2.24. The summed E-state index contributed by atoms with van der Waals surface area (Å²) in [4.78, 5) is -0.502. The lowest BCUT2D eigenvalue weighted by Crippen LogP contribution is -2.32. The molecule has 2 N–H and O–H groups in total. The third kappa shape index (κ3) is 4.70. The van der Waals surface area contributed by atoms with E-state index in [1.165, 1.54) is 12.1 Å². The lowest BCUT2D eigenvalue weighted by atomic mass is 10.3. The molecule has 0 saturated heterocycles. The smallest absolute Gasteiger partial charge is 0.245 e. The Morgan fingerprint density at radius 1 is 1.33 bits per heavy atom. The van der Waals surface area contributed by atoms with Crippen LogP contribution in [0.3, 0.4) is 0 Å². The second kappa shape index (κ2) is 7.91. The van der Waals surface area contributed by atoms with Crippen LogP contribution in [0.25, 0.3) is 0 Å². The van der Waals surface area contributed by atoms with E-state index in [-0.39, 0.29) is 24.0 Å². The normalized spacial score (nSPS) is 11.1. The fourth-order valence-electron chi connectivity index (χ4n) is 1.26. The van der Waals surface area contributed by atoms with E-state index in [4.69, 9.17) is 11.6 Å². The molecule has 0 fully saturated rings. The number of hydrogen-bond donors (Lipinski definition) is 2. The van der Waals surface area contributed by atoms with Crippen LogP contribution >= 0.6 is 24.0 Å². The van der Waals surface area contributed by atoms with Crippen molar-refractivity contribution in [3.8, 4) is 0 Å². The van der Waals surface area contributed by atoms with Gasteiger partial charge in [-0.05, 0) is 18.7 Å². The van der Waals surface area contributed by atoms with Gasteiger partial charge in [-0.2, -0.15) is 0 Å². The molecular formula is C10H15Cl2FN2O2S. The van der Waals surface area contributed by atoms with Gasteiger partial charge in [0.25, 0.3) is 0 Å². The maximum absolute atomic E-state index is 13.4. The molecule has 1 aromatic carbocycles. The SMILES string of the molecule is CCNCCNS(=O)(=O)c1c(F)cccc1Cl.Cl. The molecule has 0 amide bonds. The highest BCUT2D eigenvalue weighted by Crippen LogP contribution is 2.23. The molecule has 8 heteroatoms. The van der Waals surface area contributed by atoms with Crippen LogP contribution in [0.15, 0.2) is 23.1 Å². The zero-order valence-electron chi connectivity index (χ0n) is 9.74. The highest BCUT2D eigenvalue weighted by atomic mass is 35.5. The number of benzene rings is 1. The quantitative estimate of drug-likeness (QED) is 0.787. The van der Waals surface area contributed by atoms with Crippen molar-refractivity contribution in [2.24, 2.45) is 0 Å². The fourth-order valence-corrected chi connectivity index (χ4v) is 2.89. The van der Waals surface area contributed by atoms with Crippen LogP contribution in [-0.4, -0.2) is 28.1 Å². The predicted molar refractivity (Wildman–Crippen MR) is 72.4 cm³/mol. The third-order valence-electron chi connectivity index (χ3n) is 2.03. The summed E-state index contributed by atoms with van der Waals surface area (Å²) in [7, 11) is -3.90. The molecule has 4 nitrogen and oxygen atoms in total. The van der Waals surface area contributed by atoms with Crippen LogP contribution in [0.5, 0.6) is 0 Å². The maximum atomic E-state index is 13.4. The van der Waals surface area contributed by atoms with Crippen LogP contribution in [0.2, 0.25) is 5.02 Å². The Kier molecular flexibility index (Phi) is 7.73. The van der Waals surface area contributed by atoms with Gasteiger partial charge in [-0.15, -0.1) is 12.4 Å². The van der Waals surface area contributed by atoms with Gasteiger partial charge in [0.2, 0.25) is 10.0 Å². The second-order valence-electron chi connectivity index (χ2n) is 3.30. The highest BCUT2D eigenvalue weighted by Gasteiger charge is 2.21. The van der Waals surface area contributed by atoms with Crippen molar-refractivity contribution in [2.75, 3.05) is 19.6 Å². The summed E-state index contributed by atoms with van der Waals surface area (Å²) >= 11 is 5.68. The van der Waals surface area contributed by atoms with Crippen LogP contribution in [0.1, 0.15) is 6.92 Å². The Morgan fingerprint density at radius 3 is 2.56 bits per heavy atom. The fraction of sp³-hybridized carbons (Fsp3) is 0.400. The lowest BCUT2D eigenvalue weighted by Gasteiger charge is -2.09. The van der Waals surface area contributed by atoms with Crippen molar-refractivity contribution < 1.29 is 12.8 Å². The van der Waals surface area contributed by atoms with E-state index in [9.17, 15) is 12.8 Å². The van der Waals surface area contributed by atoms with Crippen molar-refractivity contribution in [1.29, 1.82) is 0 Å². The Labute approximate surface area is 117 Å². The van der Waals surface area contributed by atoms with Crippen molar-refractivity contribution in [2.45, 2.75) is 11.8 Å². The number of likely N-dealkylation sites (N-methyl/N-ethyl adjacent to an activating group) is 1. The number of nitrogens with one attached hydrogen (secondary N) is 2. The molecule has 0 unspecified atom stereocenters. The molecular weight excluding hydrogens is 302 g/mol. The van der Waals surface area contributed by atoms with Gasteiger partial charge in [0.15, 0.2) is 0 Å². The number of sulfonamides is 1. The third-order valence-corrected chi connectivity index (χ3v) is 4.00. The van der Waals surface area contributed by atoms with Crippen molar-refractivity contribution in [1.82, 2.24) is 10.0 Å². The van der Waals surface area contributed by atoms with E-state index in [1.807, 2.05) is 6.92 Å². The van der Waals surface area contributed by atoms with E-state index in [0.29, 0.717) is 6.54 Å². The zero-order valence-corrected chi connectivity index (χ0v) is 12.1. The summed E-state index contributed by atoms with van der Waals surface area (Å²) in [5.41, 5.74) is 0. The first-order valence-electron chi connectivity index (χ1n) is 5.13. The minimum absolute atomic E-state index is 0. The zero-order chi connectivity index (χ0) is 12.9. The summed E-state index contributed by atoms with van der Waals surface area (Å²) in [6.45, 7) is 3.30. The van der Waals surface area contributed by atoms with E-state index < -0.39 is 20.7 Å². The van der Waals surface area contributed by atoms with Crippen LogP contribution in [0.4, 0.5) is 4.39 Å². The van der Waals surface area contributed by atoms with Crippen molar-refractivity contribution >= 4 is 34.0 Å². The topological polar surface area (TPSA) is 58.2 Å². The molecule has 1 rings (SSSR count). The van der Waals surface area contributed by atoms with Gasteiger partial charge in [0.1, 0.15) is 10.7 Å². The predicted octanol–water partition coefficient (Wildman–Crippen LogP) is 1.79. The van der Waals surface area contributed by atoms with Gasteiger partial charge in [-0.25, -0.2) is 17.5 Å². The Bertz CT molecular complexity index is 463. The van der Waals surface area contributed by atoms with Crippen molar-refractivity contribution in [3.05, 3.63) is 29.0 Å². The van der Waals surface area contributed by atoms with Gasteiger partial charge >= 0.3 is 0 Å². The average molecular weight is 317 g/mol. The molecule has 0 bridgehead atoms. The van der Waals surface area contributed by atoms with Crippen LogP contribution in [-0.2, 0) is 10.0 Å². The second-order valence-corrected chi connectivity index (χ2v) is 5.41. The molecule has 0 spiro atoms. The first-order chi connectivity index (χ1) is 7.99. The van der Waals surface area contributed by atoms with E-state index in [0.717, 1.165) is 12.6 Å².